The number of rotatable bonds is 10. The molecule has 166 valence electrons. The van der Waals surface area contributed by atoms with Crippen LogP contribution in [0.15, 0.2) is 35.1 Å². The maximum absolute atomic E-state index is 12.7. The third-order valence-corrected chi connectivity index (χ3v) is 5.22. The monoisotopic (exact) mass is 426 g/mol. The molecular weight excluding hydrogens is 396 g/mol. The number of aromatic nitrogens is 2. The van der Waals surface area contributed by atoms with Crippen molar-refractivity contribution in [3.8, 4) is 17.2 Å². The zero-order valence-corrected chi connectivity index (χ0v) is 18.7. The number of methoxy groups -OCH3 is 3. The molecule has 0 aliphatic rings. The first-order chi connectivity index (χ1) is 15.0. The van der Waals surface area contributed by atoms with Crippen LogP contribution in [-0.4, -0.2) is 56.3 Å². The highest BCUT2D eigenvalue weighted by molar-refractivity contribution is 5.90. The summed E-state index contributed by atoms with van der Waals surface area (Å²) in [6.07, 6.45) is 0.806. The average Bonchev–Trinajstić information content (AvgIpc) is 2.78. The minimum atomic E-state index is -0.310. The molecule has 8 heteroatoms. The van der Waals surface area contributed by atoms with Gasteiger partial charge in [0.25, 0.3) is 5.56 Å². The molecule has 0 radical (unpaired) electrons. The van der Waals surface area contributed by atoms with Crippen LogP contribution in [0.5, 0.6) is 17.2 Å². The Balaban J connectivity index is 1.74. The van der Waals surface area contributed by atoms with E-state index in [-0.39, 0.29) is 5.56 Å². The molecule has 0 aliphatic heterocycles. The van der Waals surface area contributed by atoms with Crippen molar-refractivity contribution in [1.29, 1.82) is 0 Å². The van der Waals surface area contributed by atoms with Crippen LogP contribution in [0.4, 0.5) is 5.95 Å². The number of fused-ring (bicyclic) bond motifs is 1. The van der Waals surface area contributed by atoms with E-state index in [0.29, 0.717) is 40.6 Å². The van der Waals surface area contributed by atoms with Crippen LogP contribution >= 0.6 is 0 Å². The Morgan fingerprint density at radius 2 is 1.71 bits per heavy atom. The van der Waals surface area contributed by atoms with E-state index in [0.717, 1.165) is 19.5 Å². The molecule has 0 atom stereocenters. The van der Waals surface area contributed by atoms with Gasteiger partial charge in [-0.05, 0) is 31.1 Å². The van der Waals surface area contributed by atoms with Crippen molar-refractivity contribution in [2.45, 2.75) is 19.9 Å². The van der Waals surface area contributed by atoms with E-state index in [1.54, 1.807) is 6.07 Å². The van der Waals surface area contributed by atoms with Gasteiger partial charge in [-0.3, -0.25) is 9.78 Å². The number of nitrogens with zero attached hydrogens (tertiary/aromatic N) is 2. The summed E-state index contributed by atoms with van der Waals surface area (Å²) in [6, 6.07) is 10.3. The minimum Gasteiger partial charge on any atom is -0.493 e. The fourth-order valence-electron chi connectivity index (χ4n) is 3.41. The van der Waals surface area contributed by atoms with Gasteiger partial charge < -0.3 is 24.4 Å². The molecule has 3 rings (SSSR count). The van der Waals surface area contributed by atoms with E-state index < -0.39 is 0 Å². The first-order valence-corrected chi connectivity index (χ1v) is 10.2. The van der Waals surface area contributed by atoms with Crippen molar-refractivity contribution in [3.63, 3.8) is 0 Å². The summed E-state index contributed by atoms with van der Waals surface area (Å²) >= 11 is 0. The van der Waals surface area contributed by atoms with Crippen LogP contribution in [0.25, 0.3) is 10.9 Å². The van der Waals surface area contributed by atoms with Gasteiger partial charge in [-0.2, -0.15) is 0 Å². The standard InChI is InChI=1S/C23H30N4O4/c1-6-27(2)14-16-9-7-15(8-10-16)11-12-24-23-25-17-13-18(29-3)20(30-4)21(31-5)19(17)22(28)26-23/h7-10,13H,6,11-12,14H2,1-5H3,(H2,24,25,26,28). The number of benzene rings is 2. The molecule has 0 aliphatic carbocycles. The number of ether oxygens (including phenoxy) is 3. The maximum Gasteiger partial charge on any atom is 0.264 e. The van der Waals surface area contributed by atoms with E-state index >= 15 is 0 Å². The molecule has 0 saturated carbocycles. The van der Waals surface area contributed by atoms with Crippen LogP contribution in [-0.2, 0) is 13.0 Å². The molecule has 0 bridgehead atoms. The van der Waals surface area contributed by atoms with Crippen molar-refractivity contribution in [3.05, 3.63) is 51.8 Å². The molecule has 0 spiro atoms. The molecule has 31 heavy (non-hydrogen) atoms. The number of nitrogens with one attached hydrogen (secondary N) is 2. The fraction of sp³-hybridized carbons (Fsp3) is 0.391. The lowest BCUT2D eigenvalue weighted by Crippen LogP contribution is -2.17. The molecule has 3 aromatic rings. The molecular formula is C23H30N4O4. The van der Waals surface area contributed by atoms with Crippen LogP contribution in [0.2, 0.25) is 0 Å². The Labute approximate surface area is 182 Å². The maximum atomic E-state index is 12.7. The molecule has 0 saturated heterocycles. The number of aromatic amines is 1. The minimum absolute atomic E-state index is 0.297. The second-order valence-electron chi connectivity index (χ2n) is 7.28. The Bertz CT molecular complexity index is 1080. The summed E-state index contributed by atoms with van der Waals surface area (Å²) in [4.78, 5) is 22.3. The van der Waals surface area contributed by atoms with Crippen LogP contribution in [0, 0.1) is 0 Å². The molecule has 1 aromatic heterocycles. The lowest BCUT2D eigenvalue weighted by Gasteiger charge is -2.15. The third-order valence-electron chi connectivity index (χ3n) is 5.22. The molecule has 0 unspecified atom stereocenters. The zero-order valence-electron chi connectivity index (χ0n) is 18.7. The summed E-state index contributed by atoms with van der Waals surface area (Å²) in [7, 11) is 6.61. The molecule has 8 nitrogen and oxygen atoms in total. The normalized spacial score (nSPS) is 11.0. The van der Waals surface area contributed by atoms with Gasteiger partial charge in [0.15, 0.2) is 11.5 Å². The van der Waals surface area contributed by atoms with Gasteiger partial charge in [-0.15, -0.1) is 0 Å². The number of hydrogen-bond donors (Lipinski definition) is 2. The van der Waals surface area contributed by atoms with Gasteiger partial charge in [-0.25, -0.2) is 4.98 Å². The van der Waals surface area contributed by atoms with Gasteiger partial charge >= 0.3 is 0 Å². The van der Waals surface area contributed by atoms with Crippen LogP contribution in [0.1, 0.15) is 18.1 Å². The molecule has 2 aromatic carbocycles. The summed E-state index contributed by atoms with van der Waals surface area (Å²) in [5.74, 6) is 1.50. The van der Waals surface area contributed by atoms with Crippen LogP contribution in [0.3, 0.4) is 0 Å². The topological polar surface area (TPSA) is 88.7 Å². The molecule has 1 heterocycles. The van der Waals surface area contributed by atoms with Crippen LogP contribution < -0.4 is 25.1 Å². The highest BCUT2D eigenvalue weighted by atomic mass is 16.5. The van der Waals surface area contributed by atoms with E-state index in [1.165, 1.54) is 32.5 Å². The average molecular weight is 427 g/mol. The second-order valence-corrected chi connectivity index (χ2v) is 7.28. The van der Waals surface area contributed by atoms with Crippen molar-refractivity contribution in [1.82, 2.24) is 14.9 Å². The van der Waals surface area contributed by atoms with E-state index in [9.17, 15) is 4.79 Å². The summed E-state index contributed by atoms with van der Waals surface area (Å²) in [6.45, 7) is 4.74. The van der Waals surface area contributed by atoms with Gasteiger partial charge in [-0.1, -0.05) is 31.2 Å². The number of hydrogen-bond acceptors (Lipinski definition) is 7. The highest BCUT2D eigenvalue weighted by Crippen LogP contribution is 2.41. The summed E-state index contributed by atoms with van der Waals surface area (Å²) in [5, 5.41) is 3.52. The Kier molecular flexibility index (Phi) is 7.36. The smallest absolute Gasteiger partial charge is 0.264 e. The van der Waals surface area contributed by atoms with E-state index in [4.69, 9.17) is 14.2 Å². The van der Waals surface area contributed by atoms with Crippen molar-refractivity contribution >= 4 is 16.9 Å². The van der Waals surface area contributed by atoms with Gasteiger partial charge in [0.1, 0.15) is 5.39 Å². The molecule has 0 fully saturated rings. The van der Waals surface area contributed by atoms with Crippen molar-refractivity contribution < 1.29 is 14.2 Å². The van der Waals surface area contributed by atoms with Gasteiger partial charge in [0.05, 0.1) is 26.8 Å². The second kappa shape index (κ2) is 10.2. The quantitative estimate of drug-likeness (QED) is 0.515. The Morgan fingerprint density at radius 3 is 2.32 bits per heavy atom. The Morgan fingerprint density at radius 1 is 1.03 bits per heavy atom. The Hall–Kier alpha value is -3.26. The van der Waals surface area contributed by atoms with E-state index in [2.05, 4.69) is 58.4 Å². The van der Waals surface area contributed by atoms with Gasteiger partial charge in [0, 0.05) is 19.2 Å². The predicted octanol–water partition coefficient (Wildman–Crippen LogP) is 3.06. The van der Waals surface area contributed by atoms with Crippen molar-refractivity contribution in [2.75, 3.05) is 46.8 Å². The number of anilines is 1. The lowest BCUT2D eigenvalue weighted by molar-refractivity contribution is 0.327. The molecule has 2 N–H and O–H groups in total. The van der Waals surface area contributed by atoms with Gasteiger partial charge in [0.2, 0.25) is 11.7 Å². The lowest BCUT2D eigenvalue weighted by atomic mass is 10.1. The first-order valence-electron chi connectivity index (χ1n) is 10.2. The van der Waals surface area contributed by atoms with E-state index in [1.807, 2.05) is 0 Å². The zero-order chi connectivity index (χ0) is 22.4. The largest absolute Gasteiger partial charge is 0.493 e. The van der Waals surface area contributed by atoms with Crippen molar-refractivity contribution in [2.24, 2.45) is 0 Å². The number of H-pyrrole nitrogens is 1. The first kappa shape index (κ1) is 22.4. The predicted molar refractivity (Wildman–Crippen MR) is 123 cm³/mol. The molecule has 0 amide bonds. The summed E-state index contributed by atoms with van der Waals surface area (Å²) < 4.78 is 16.1. The summed E-state index contributed by atoms with van der Waals surface area (Å²) in [5.41, 5.74) is 2.66. The third kappa shape index (κ3) is 5.08. The fourth-order valence-corrected chi connectivity index (χ4v) is 3.41. The highest BCUT2D eigenvalue weighted by Gasteiger charge is 2.19. The SMILES string of the molecule is CCN(C)Cc1ccc(CCNc2nc3cc(OC)c(OC)c(OC)c3c(=O)[nH]2)cc1.